The number of carbonyl (C=O) groups excluding carboxylic acids is 1. The fourth-order valence-corrected chi connectivity index (χ4v) is 7.25. The van der Waals surface area contributed by atoms with Crippen LogP contribution in [-0.2, 0) is 26.1 Å². The number of anilines is 1. The van der Waals surface area contributed by atoms with E-state index in [-0.39, 0.29) is 42.2 Å². The molecule has 10 heteroatoms. The maximum absolute atomic E-state index is 13.6. The summed E-state index contributed by atoms with van der Waals surface area (Å²) >= 11 is 0. The Hall–Kier alpha value is -3.99. The number of hydroxylamine groups is 2. The highest BCUT2D eigenvalue weighted by molar-refractivity contribution is 7.92. The van der Waals surface area contributed by atoms with Crippen molar-refractivity contribution in [2.45, 2.75) is 49.4 Å². The van der Waals surface area contributed by atoms with E-state index in [9.17, 15) is 18.3 Å². The second-order valence-electron chi connectivity index (χ2n) is 10.9. The lowest BCUT2D eigenvalue weighted by Crippen LogP contribution is -2.37. The quantitative estimate of drug-likeness (QED) is 0.231. The van der Waals surface area contributed by atoms with Crippen molar-refractivity contribution in [2.24, 2.45) is 16.6 Å². The van der Waals surface area contributed by atoms with E-state index in [1.54, 1.807) is 30.3 Å². The molecule has 0 atom stereocenters. The molecule has 42 heavy (non-hydrogen) atoms. The smallest absolute Gasteiger partial charge is 0.273 e. The number of aliphatic imine (C=N–C) groups is 1. The summed E-state index contributed by atoms with van der Waals surface area (Å²) in [5, 5.41) is 10.2. The topological polar surface area (TPSA) is 148 Å². The Morgan fingerprint density at radius 2 is 1.81 bits per heavy atom. The Morgan fingerprint density at radius 1 is 1.05 bits per heavy atom. The summed E-state index contributed by atoms with van der Waals surface area (Å²) < 4.78 is 26.3. The van der Waals surface area contributed by atoms with Gasteiger partial charge in [0.1, 0.15) is 12.4 Å². The first kappa shape index (κ1) is 29.5. The van der Waals surface area contributed by atoms with E-state index < -0.39 is 15.1 Å². The zero-order valence-corrected chi connectivity index (χ0v) is 24.4. The number of nitrogens with two attached hydrogens (primary N) is 2. The molecule has 0 saturated heterocycles. The molecule has 1 saturated carbocycles. The molecule has 9 nitrogen and oxygen atoms in total. The minimum atomic E-state index is -3.49. The number of hydrogen-bond acceptors (Lipinski definition) is 8. The van der Waals surface area contributed by atoms with E-state index in [4.69, 9.17) is 16.3 Å². The second-order valence-corrected chi connectivity index (χ2v) is 13.1. The van der Waals surface area contributed by atoms with Crippen molar-refractivity contribution in [2.75, 3.05) is 18.9 Å². The predicted molar refractivity (Wildman–Crippen MR) is 164 cm³/mol. The summed E-state index contributed by atoms with van der Waals surface area (Å²) in [6.45, 7) is 2.59. The van der Waals surface area contributed by atoms with Crippen LogP contribution in [0.3, 0.4) is 0 Å². The zero-order chi connectivity index (χ0) is 29.9. The number of nitrogen functional groups attached to an aromatic ring is 1. The highest BCUT2D eigenvalue weighted by Gasteiger charge is 2.39. The van der Waals surface area contributed by atoms with Crippen LogP contribution in [0.25, 0.3) is 17.2 Å². The standard InChI is InChI=1S/C32H36N4O5S/c1-2-11-36(41-20-21-5-3-7-27(33)12-21)32(38)26-15-25-10-9-24(17-30(25)35-31(34)18-26)23-6-4-8-28(16-23)42(39,40)29-13-22(14-29)19-37/h3-10,12,15-17,22,29,37H,2,11,13-14,18-20,33H2,1H3,(H2,34,35). The van der Waals surface area contributed by atoms with Gasteiger partial charge in [-0.2, -0.15) is 0 Å². The molecule has 0 bridgehead atoms. The van der Waals surface area contributed by atoms with Crippen molar-refractivity contribution in [1.82, 2.24) is 5.06 Å². The van der Waals surface area contributed by atoms with Gasteiger partial charge in [0.05, 0.1) is 15.8 Å². The third kappa shape index (κ3) is 6.41. The fourth-order valence-electron chi connectivity index (χ4n) is 5.25. The van der Waals surface area contributed by atoms with Crippen LogP contribution in [-0.4, -0.2) is 48.7 Å². The Kier molecular flexibility index (Phi) is 8.77. The number of rotatable bonds is 10. The van der Waals surface area contributed by atoms with Crippen LogP contribution in [0.5, 0.6) is 0 Å². The Balaban J connectivity index is 1.38. The first-order chi connectivity index (χ1) is 20.2. The van der Waals surface area contributed by atoms with E-state index in [1.807, 2.05) is 49.4 Å². The highest BCUT2D eigenvalue weighted by Crippen LogP contribution is 2.38. The molecule has 2 aliphatic rings. The Labute approximate surface area is 246 Å². The van der Waals surface area contributed by atoms with Gasteiger partial charge in [-0.3, -0.25) is 9.63 Å². The number of amides is 1. The van der Waals surface area contributed by atoms with Crippen molar-refractivity contribution in [1.29, 1.82) is 0 Å². The molecule has 220 valence electrons. The van der Waals surface area contributed by atoms with Crippen molar-refractivity contribution >= 4 is 39.0 Å². The van der Waals surface area contributed by atoms with Crippen LogP contribution in [0.1, 0.15) is 43.7 Å². The van der Waals surface area contributed by atoms with Gasteiger partial charge in [-0.05, 0) is 78.3 Å². The minimum Gasteiger partial charge on any atom is -0.399 e. The lowest BCUT2D eigenvalue weighted by atomic mass is 9.86. The van der Waals surface area contributed by atoms with Crippen LogP contribution >= 0.6 is 0 Å². The highest BCUT2D eigenvalue weighted by atomic mass is 32.2. The molecule has 1 fully saturated rings. The molecule has 5 N–H and O–H groups in total. The third-order valence-electron chi connectivity index (χ3n) is 7.65. The van der Waals surface area contributed by atoms with E-state index >= 15 is 0 Å². The number of benzene rings is 3. The Morgan fingerprint density at radius 3 is 2.55 bits per heavy atom. The van der Waals surface area contributed by atoms with Crippen LogP contribution < -0.4 is 11.5 Å². The van der Waals surface area contributed by atoms with Crippen molar-refractivity contribution in [3.8, 4) is 11.1 Å². The third-order valence-corrected chi connectivity index (χ3v) is 9.82. The molecule has 1 aliphatic heterocycles. The second kappa shape index (κ2) is 12.5. The number of carbonyl (C=O) groups is 1. The van der Waals surface area contributed by atoms with Gasteiger partial charge in [0.25, 0.3) is 5.91 Å². The van der Waals surface area contributed by atoms with Crippen LogP contribution in [0.4, 0.5) is 11.4 Å². The number of hydrogen-bond donors (Lipinski definition) is 3. The summed E-state index contributed by atoms with van der Waals surface area (Å²) in [6, 6.07) is 19.8. The number of sulfone groups is 1. The minimum absolute atomic E-state index is 0.0134. The van der Waals surface area contributed by atoms with Crippen molar-refractivity contribution in [3.63, 3.8) is 0 Å². The van der Waals surface area contributed by atoms with Gasteiger partial charge in [-0.15, -0.1) is 0 Å². The summed E-state index contributed by atoms with van der Waals surface area (Å²) in [4.78, 5) is 24.3. The number of aliphatic hydroxyl groups excluding tert-OH is 1. The van der Waals surface area contributed by atoms with E-state index in [0.717, 1.165) is 22.3 Å². The molecular formula is C32H36N4O5S. The molecule has 5 rings (SSSR count). The van der Waals surface area contributed by atoms with Gasteiger partial charge in [0, 0.05) is 36.4 Å². The lowest BCUT2D eigenvalue weighted by molar-refractivity contribution is -0.187. The molecule has 0 unspecified atom stereocenters. The first-order valence-electron chi connectivity index (χ1n) is 14.1. The van der Waals surface area contributed by atoms with Gasteiger partial charge < -0.3 is 16.6 Å². The molecule has 1 amide bonds. The van der Waals surface area contributed by atoms with Crippen LogP contribution in [0.15, 0.2) is 82.2 Å². The van der Waals surface area contributed by atoms with Crippen molar-refractivity contribution in [3.05, 3.63) is 83.4 Å². The van der Waals surface area contributed by atoms with Crippen LogP contribution in [0.2, 0.25) is 0 Å². The largest absolute Gasteiger partial charge is 0.399 e. The summed E-state index contributed by atoms with van der Waals surface area (Å²) in [6.07, 6.45) is 3.61. The van der Waals surface area contributed by atoms with E-state index in [0.29, 0.717) is 42.8 Å². The summed E-state index contributed by atoms with van der Waals surface area (Å²) in [5.74, 6) is 0.0558. The molecule has 0 radical (unpaired) electrons. The van der Waals surface area contributed by atoms with Crippen LogP contribution in [0, 0.1) is 5.92 Å². The Bertz CT molecular complexity index is 1640. The maximum atomic E-state index is 13.6. The lowest BCUT2D eigenvalue weighted by Gasteiger charge is -2.33. The first-order valence-corrected chi connectivity index (χ1v) is 15.6. The molecule has 1 heterocycles. The summed E-state index contributed by atoms with van der Waals surface area (Å²) in [7, 11) is -3.49. The normalized spacial score (nSPS) is 18.2. The van der Waals surface area contributed by atoms with Gasteiger partial charge in [0.2, 0.25) is 0 Å². The number of fused-ring (bicyclic) bond motifs is 1. The number of aliphatic hydroxyl groups is 1. The average Bonchev–Trinajstić information content (AvgIpc) is 3.11. The zero-order valence-electron chi connectivity index (χ0n) is 23.6. The maximum Gasteiger partial charge on any atom is 0.273 e. The van der Waals surface area contributed by atoms with Gasteiger partial charge in [-0.25, -0.2) is 18.5 Å². The molecule has 3 aromatic carbocycles. The SMILES string of the molecule is CCCN(OCc1cccc(N)c1)C(=O)C1=Cc2ccc(-c3cccc(S(=O)(=O)C4CC(CO)C4)c3)cc2N=C(N)C1. The molecule has 3 aromatic rings. The predicted octanol–water partition coefficient (Wildman–Crippen LogP) is 4.63. The van der Waals surface area contributed by atoms with Gasteiger partial charge in [0.15, 0.2) is 9.84 Å². The average molecular weight is 589 g/mol. The number of amidine groups is 1. The van der Waals surface area contributed by atoms with Gasteiger partial charge in [-0.1, -0.05) is 43.3 Å². The molecule has 0 spiro atoms. The van der Waals surface area contributed by atoms with Gasteiger partial charge >= 0.3 is 0 Å². The molecule has 0 aromatic heterocycles. The van der Waals surface area contributed by atoms with E-state index in [1.165, 1.54) is 5.06 Å². The van der Waals surface area contributed by atoms with Crippen molar-refractivity contribution < 1.29 is 23.2 Å². The molecule has 1 aliphatic carbocycles. The summed E-state index contributed by atoms with van der Waals surface area (Å²) in [5.41, 5.74) is 16.9. The number of nitrogens with zero attached hydrogens (tertiary/aromatic N) is 2. The molecular weight excluding hydrogens is 552 g/mol. The fraction of sp³-hybridized carbons (Fsp3) is 0.312. The van der Waals surface area contributed by atoms with E-state index in [2.05, 4.69) is 4.99 Å². The monoisotopic (exact) mass is 588 g/mol.